The molecule has 168 valence electrons. The average molecular weight is 437 g/mol. The lowest BCUT2D eigenvalue weighted by Crippen LogP contribution is -2.39. The Hall–Kier alpha value is -3.22. The van der Waals surface area contributed by atoms with Crippen LogP contribution in [0.3, 0.4) is 0 Å². The van der Waals surface area contributed by atoms with Gasteiger partial charge >= 0.3 is 0 Å². The molecule has 0 fully saturated rings. The molecular weight excluding hydrogens is 408 g/mol. The molecule has 6 nitrogen and oxygen atoms in total. The summed E-state index contributed by atoms with van der Waals surface area (Å²) < 4.78 is 29.4. The summed E-state index contributed by atoms with van der Waals surface area (Å²) in [6.45, 7) is 3.56. The molecule has 0 saturated heterocycles. The van der Waals surface area contributed by atoms with Crippen LogP contribution in [0, 0.1) is 6.92 Å². The largest absolute Gasteiger partial charge is 0.487 e. The van der Waals surface area contributed by atoms with Crippen molar-refractivity contribution < 1.29 is 28.8 Å². The van der Waals surface area contributed by atoms with E-state index in [0.717, 1.165) is 5.56 Å². The zero-order chi connectivity index (χ0) is 22.2. The van der Waals surface area contributed by atoms with Gasteiger partial charge in [0.05, 0.1) is 13.2 Å². The van der Waals surface area contributed by atoms with E-state index in [2.05, 4.69) is 0 Å². The maximum absolute atomic E-state index is 11.6. The van der Waals surface area contributed by atoms with E-state index in [0.29, 0.717) is 55.0 Å². The first kappa shape index (κ1) is 22.0. The van der Waals surface area contributed by atoms with E-state index in [1.807, 2.05) is 79.7 Å². The number of fused-ring (bicyclic) bond motifs is 2. The first-order valence-electron chi connectivity index (χ1n) is 10.7. The molecule has 0 amide bonds. The van der Waals surface area contributed by atoms with Crippen molar-refractivity contribution in [1.29, 1.82) is 0 Å². The third-order valence-corrected chi connectivity index (χ3v) is 5.19. The lowest BCUT2D eigenvalue weighted by molar-refractivity contribution is -0.0463. The third kappa shape index (κ3) is 5.52. The van der Waals surface area contributed by atoms with E-state index in [1.54, 1.807) is 0 Å². The van der Waals surface area contributed by atoms with Gasteiger partial charge in [0.1, 0.15) is 26.4 Å². The fourth-order valence-corrected chi connectivity index (χ4v) is 3.37. The normalized spacial score (nSPS) is 16.8. The van der Waals surface area contributed by atoms with Gasteiger partial charge in [0.15, 0.2) is 28.6 Å². The molecular formula is C26H28O6. The Kier molecular flexibility index (Phi) is 7.14. The number of para-hydroxylation sites is 4. The second kappa shape index (κ2) is 10.4. The van der Waals surface area contributed by atoms with Crippen LogP contribution in [0.4, 0.5) is 0 Å². The van der Waals surface area contributed by atoms with Crippen molar-refractivity contribution in [3.63, 3.8) is 0 Å². The Bertz CT molecular complexity index is 946. The van der Waals surface area contributed by atoms with Crippen molar-refractivity contribution >= 4 is 0 Å². The highest BCUT2D eigenvalue weighted by atomic mass is 16.6. The minimum absolute atomic E-state index is 0.0179. The van der Waals surface area contributed by atoms with E-state index in [-0.39, 0.29) is 13.2 Å². The van der Waals surface area contributed by atoms with Crippen LogP contribution in [0.5, 0.6) is 23.0 Å². The van der Waals surface area contributed by atoms with Gasteiger partial charge in [-0.05, 0) is 36.8 Å². The summed E-state index contributed by atoms with van der Waals surface area (Å²) in [6.07, 6.45) is 0. The first-order valence-corrected chi connectivity index (χ1v) is 10.7. The summed E-state index contributed by atoms with van der Waals surface area (Å²) in [4.78, 5) is 0. The van der Waals surface area contributed by atoms with Gasteiger partial charge in [0, 0.05) is 0 Å². The van der Waals surface area contributed by atoms with Crippen molar-refractivity contribution in [1.82, 2.24) is 0 Å². The molecule has 0 aromatic heterocycles. The van der Waals surface area contributed by atoms with E-state index >= 15 is 0 Å². The molecule has 0 radical (unpaired) electrons. The van der Waals surface area contributed by atoms with Crippen molar-refractivity contribution in [2.24, 2.45) is 0 Å². The number of hydrogen-bond acceptors (Lipinski definition) is 6. The third-order valence-electron chi connectivity index (χ3n) is 5.19. The summed E-state index contributed by atoms with van der Waals surface area (Å²) in [7, 11) is 0. The van der Waals surface area contributed by atoms with Crippen molar-refractivity contribution in [2.75, 3.05) is 39.6 Å². The molecule has 0 atom stereocenters. The number of aryl methyl sites for hydroxylation is 1. The smallest absolute Gasteiger partial charge is 0.161 e. The van der Waals surface area contributed by atoms with Crippen LogP contribution < -0.4 is 18.9 Å². The van der Waals surface area contributed by atoms with Crippen LogP contribution in [-0.4, -0.2) is 44.7 Å². The Morgan fingerprint density at radius 2 is 1.03 bits per heavy atom. The van der Waals surface area contributed by atoms with Crippen LogP contribution in [0.1, 0.15) is 11.1 Å². The highest BCUT2D eigenvalue weighted by Gasteiger charge is 2.32. The fraction of sp³-hybridized carbons (Fsp3) is 0.308. The number of ether oxygens (including phenoxy) is 5. The highest BCUT2D eigenvalue weighted by Crippen LogP contribution is 2.32. The van der Waals surface area contributed by atoms with Gasteiger partial charge in [0.2, 0.25) is 0 Å². The van der Waals surface area contributed by atoms with Gasteiger partial charge in [-0.2, -0.15) is 0 Å². The molecule has 3 aromatic rings. The molecule has 6 heteroatoms. The van der Waals surface area contributed by atoms with E-state index < -0.39 is 5.60 Å². The summed E-state index contributed by atoms with van der Waals surface area (Å²) >= 11 is 0. The predicted molar refractivity (Wildman–Crippen MR) is 121 cm³/mol. The monoisotopic (exact) mass is 436 g/mol. The SMILES string of the molecule is Cc1ccc(C2(O)COc3ccccc3OCCOCCOc3ccccc3OC2)cc1. The minimum Gasteiger partial charge on any atom is -0.487 e. The molecule has 0 bridgehead atoms. The second-order valence-corrected chi connectivity index (χ2v) is 7.68. The topological polar surface area (TPSA) is 66.4 Å². The number of aliphatic hydroxyl groups is 1. The molecule has 4 rings (SSSR count). The lowest BCUT2D eigenvalue weighted by atomic mass is 9.94. The van der Waals surface area contributed by atoms with Crippen LogP contribution in [0.15, 0.2) is 72.8 Å². The minimum atomic E-state index is -1.39. The Morgan fingerprint density at radius 3 is 1.50 bits per heavy atom. The van der Waals surface area contributed by atoms with E-state index in [9.17, 15) is 5.11 Å². The van der Waals surface area contributed by atoms with Gasteiger partial charge in [-0.15, -0.1) is 0 Å². The van der Waals surface area contributed by atoms with Crippen molar-refractivity contribution in [3.05, 3.63) is 83.9 Å². The zero-order valence-electron chi connectivity index (χ0n) is 18.2. The Labute approximate surface area is 188 Å². The highest BCUT2D eigenvalue weighted by molar-refractivity contribution is 5.41. The lowest BCUT2D eigenvalue weighted by Gasteiger charge is -2.29. The molecule has 1 N–H and O–H groups in total. The molecule has 3 aromatic carbocycles. The molecule has 1 heterocycles. The maximum atomic E-state index is 11.6. The summed E-state index contributed by atoms with van der Waals surface area (Å²) in [5.41, 5.74) is 0.412. The van der Waals surface area contributed by atoms with Gasteiger partial charge in [0.25, 0.3) is 0 Å². The number of rotatable bonds is 1. The summed E-state index contributed by atoms with van der Waals surface area (Å²) in [5, 5.41) is 11.6. The average Bonchev–Trinajstić information content (AvgIpc) is 2.82. The maximum Gasteiger partial charge on any atom is 0.161 e. The van der Waals surface area contributed by atoms with Crippen molar-refractivity contribution in [3.8, 4) is 23.0 Å². The molecule has 0 unspecified atom stereocenters. The zero-order valence-corrected chi connectivity index (χ0v) is 18.2. The molecule has 32 heavy (non-hydrogen) atoms. The standard InChI is InChI=1S/C26H28O6/c1-20-10-12-21(13-11-20)26(27)18-31-24-8-4-2-6-22(24)29-16-14-28-15-17-30-23-7-3-5-9-25(23)32-19-26/h2-13,27H,14-19H2,1H3. The fourth-order valence-electron chi connectivity index (χ4n) is 3.37. The Morgan fingerprint density at radius 1 is 0.594 bits per heavy atom. The first-order chi connectivity index (χ1) is 15.6. The van der Waals surface area contributed by atoms with Gasteiger partial charge in [-0.1, -0.05) is 54.1 Å². The Balaban J connectivity index is 1.64. The van der Waals surface area contributed by atoms with E-state index in [4.69, 9.17) is 23.7 Å². The van der Waals surface area contributed by atoms with Crippen molar-refractivity contribution in [2.45, 2.75) is 12.5 Å². The summed E-state index contributed by atoms with van der Waals surface area (Å²) in [5.74, 6) is 2.29. The van der Waals surface area contributed by atoms with E-state index in [1.165, 1.54) is 0 Å². The van der Waals surface area contributed by atoms with Gasteiger partial charge in [-0.25, -0.2) is 0 Å². The number of benzene rings is 3. The molecule has 0 spiro atoms. The van der Waals surface area contributed by atoms with Gasteiger partial charge in [-0.3, -0.25) is 0 Å². The molecule has 0 aliphatic carbocycles. The van der Waals surface area contributed by atoms with Gasteiger partial charge < -0.3 is 28.8 Å². The van der Waals surface area contributed by atoms with Crippen LogP contribution >= 0.6 is 0 Å². The van der Waals surface area contributed by atoms with Crippen LogP contribution in [-0.2, 0) is 10.3 Å². The second-order valence-electron chi connectivity index (χ2n) is 7.68. The summed E-state index contributed by atoms with van der Waals surface area (Å²) in [6, 6.07) is 22.5. The number of hydrogen-bond donors (Lipinski definition) is 1. The predicted octanol–water partition coefficient (Wildman–Crippen LogP) is 4.13. The van der Waals surface area contributed by atoms with Crippen LogP contribution in [0.25, 0.3) is 0 Å². The van der Waals surface area contributed by atoms with Crippen LogP contribution in [0.2, 0.25) is 0 Å². The quantitative estimate of drug-likeness (QED) is 0.619. The molecule has 1 aliphatic heterocycles. The molecule has 1 aliphatic rings. The molecule has 0 saturated carbocycles.